The maximum Gasteiger partial charge on any atom is 0.258 e. The van der Waals surface area contributed by atoms with Gasteiger partial charge in [0.05, 0.1) is 35.3 Å². The molecule has 8 heteroatoms. The van der Waals surface area contributed by atoms with Crippen LogP contribution in [-0.2, 0) is 7.05 Å². The maximum absolute atomic E-state index is 12.7. The summed E-state index contributed by atoms with van der Waals surface area (Å²) in [6, 6.07) is 4.90. The van der Waals surface area contributed by atoms with E-state index in [9.17, 15) is 4.79 Å². The lowest BCUT2D eigenvalue weighted by Gasteiger charge is -2.17. The second-order valence-electron chi connectivity index (χ2n) is 5.37. The molecule has 3 aromatic rings. The summed E-state index contributed by atoms with van der Waals surface area (Å²) in [5.41, 5.74) is 6.39. The Labute approximate surface area is 153 Å². The van der Waals surface area contributed by atoms with Crippen LogP contribution in [0.5, 0.6) is 11.5 Å². The third-order valence-corrected chi connectivity index (χ3v) is 4.72. The van der Waals surface area contributed by atoms with Crippen LogP contribution in [0.3, 0.4) is 0 Å². The SMILES string of the molecule is COc1cc(OC)c(Cl)c(-c2cc3cnc(N)cc3c(=O)n2C)c1Cl. The number of rotatable bonds is 3. The summed E-state index contributed by atoms with van der Waals surface area (Å²) < 4.78 is 12.0. The fraction of sp³-hybridized carbons (Fsp3) is 0.176. The quantitative estimate of drug-likeness (QED) is 0.752. The second kappa shape index (κ2) is 6.46. The van der Waals surface area contributed by atoms with Gasteiger partial charge in [0.15, 0.2) is 0 Å². The Balaban J connectivity index is 2.43. The van der Waals surface area contributed by atoms with E-state index in [2.05, 4.69) is 4.98 Å². The molecule has 0 unspecified atom stereocenters. The first-order valence-electron chi connectivity index (χ1n) is 7.24. The lowest BCUT2D eigenvalue weighted by molar-refractivity contribution is 0.395. The topological polar surface area (TPSA) is 79.4 Å². The van der Waals surface area contributed by atoms with Crippen LogP contribution in [0.4, 0.5) is 5.82 Å². The van der Waals surface area contributed by atoms with E-state index in [4.69, 9.17) is 38.4 Å². The smallest absolute Gasteiger partial charge is 0.258 e. The molecule has 0 atom stereocenters. The molecule has 1 aromatic carbocycles. The molecule has 0 radical (unpaired) electrons. The van der Waals surface area contributed by atoms with E-state index in [0.717, 1.165) is 0 Å². The van der Waals surface area contributed by atoms with Crippen LogP contribution in [0, 0.1) is 0 Å². The first kappa shape index (κ1) is 17.4. The fourth-order valence-corrected chi connectivity index (χ4v) is 3.36. The zero-order valence-corrected chi connectivity index (χ0v) is 15.3. The Kier molecular flexibility index (Phi) is 4.49. The van der Waals surface area contributed by atoms with Crippen LogP contribution in [0.25, 0.3) is 22.0 Å². The Bertz CT molecular complexity index is 1020. The zero-order valence-electron chi connectivity index (χ0n) is 13.8. The van der Waals surface area contributed by atoms with Crippen molar-refractivity contribution in [2.24, 2.45) is 7.05 Å². The van der Waals surface area contributed by atoms with Crippen molar-refractivity contribution in [1.29, 1.82) is 0 Å². The van der Waals surface area contributed by atoms with E-state index >= 15 is 0 Å². The molecule has 0 aliphatic carbocycles. The molecule has 0 amide bonds. The van der Waals surface area contributed by atoms with Crippen LogP contribution in [0.1, 0.15) is 0 Å². The van der Waals surface area contributed by atoms with Crippen molar-refractivity contribution in [2.45, 2.75) is 0 Å². The number of halogens is 2. The van der Waals surface area contributed by atoms with Gasteiger partial charge in [-0.25, -0.2) is 4.98 Å². The van der Waals surface area contributed by atoms with Crippen LogP contribution >= 0.6 is 23.2 Å². The Morgan fingerprint density at radius 3 is 2.24 bits per heavy atom. The molecule has 0 saturated heterocycles. The van der Waals surface area contributed by atoms with E-state index in [1.807, 2.05) is 0 Å². The summed E-state index contributed by atoms with van der Waals surface area (Å²) in [7, 11) is 4.61. The number of hydrogen-bond donors (Lipinski definition) is 1. The fourth-order valence-electron chi connectivity index (χ4n) is 2.67. The van der Waals surface area contributed by atoms with Crippen LogP contribution in [0.2, 0.25) is 10.0 Å². The van der Waals surface area contributed by atoms with Gasteiger partial charge < -0.3 is 19.8 Å². The molecular weight excluding hydrogens is 365 g/mol. The van der Waals surface area contributed by atoms with Gasteiger partial charge in [0.25, 0.3) is 5.56 Å². The minimum atomic E-state index is -0.240. The standard InChI is InChI=1S/C17H15Cl2N3O3/c1-22-10(4-8-7-21-13(20)5-9(8)17(22)23)14-15(18)11(24-2)6-12(25-3)16(14)19/h4-7H,1-3H3,(H2,20,21). The van der Waals surface area contributed by atoms with Gasteiger partial charge in [-0.2, -0.15) is 0 Å². The zero-order chi connectivity index (χ0) is 18.3. The molecule has 0 aliphatic rings. The highest BCUT2D eigenvalue weighted by Crippen LogP contribution is 2.45. The number of methoxy groups -OCH3 is 2. The highest BCUT2D eigenvalue weighted by molar-refractivity contribution is 6.41. The Morgan fingerprint density at radius 2 is 1.68 bits per heavy atom. The van der Waals surface area contributed by atoms with Crippen molar-refractivity contribution in [1.82, 2.24) is 9.55 Å². The molecule has 0 aliphatic heterocycles. The van der Waals surface area contributed by atoms with E-state index in [-0.39, 0.29) is 21.4 Å². The van der Waals surface area contributed by atoms with Gasteiger partial charge in [0, 0.05) is 30.3 Å². The number of fused-ring (bicyclic) bond motifs is 1. The number of anilines is 1. The molecular formula is C17H15Cl2N3O3. The van der Waals surface area contributed by atoms with Gasteiger partial charge >= 0.3 is 0 Å². The predicted octanol–water partition coefficient (Wildman–Crippen LogP) is 3.51. The Morgan fingerprint density at radius 1 is 1.08 bits per heavy atom. The number of ether oxygens (including phenoxy) is 2. The van der Waals surface area contributed by atoms with Gasteiger partial charge in [-0.15, -0.1) is 0 Å². The Hall–Kier alpha value is -2.44. The van der Waals surface area contributed by atoms with Gasteiger partial charge in [-0.1, -0.05) is 23.2 Å². The van der Waals surface area contributed by atoms with Gasteiger partial charge in [0.2, 0.25) is 0 Å². The highest BCUT2D eigenvalue weighted by atomic mass is 35.5. The molecule has 0 bridgehead atoms. The average Bonchev–Trinajstić information content (AvgIpc) is 2.60. The predicted molar refractivity (Wildman–Crippen MR) is 100.0 cm³/mol. The van der Waals surface area contributed by atoms with Crippen molar-refractivity contribution in [3.63, 3.8) is 0 Å². The molecule has 3 rings (SSSR count). The average molecular weight is 380 g/mol. The second-order valence-corrected chi connectivity index (χ2v) is 6.13. The lowest BCUT2D eigenvalue weighted by Crippen LogP contribution is -2.19. The normalized spacial score (nSPS) is 10.9. The van der Waals surface area contributed by atoms with Crippen LogP contribution in [-0.4, -0.2) is 23.8 Å². The van der Waals surface area contributed by atoms with E-state index in [0.29, 0.717) is 33.5 Å². The number of nitrogen functional groups attached to an aromatic ring is 1. The third kappa shape index (κ3) is 2.77. The van der Waals surface area contributed by atoms with Crippen molar-refractivity contribution >= 4 is 39.8 Å². The summed E-state index contributed by atoms with van der Waals surface area (Å²) in [5, 5.41) is 1.65. The van der Waals surface area contributed by atoms with Gasteiger partial charge in [0.1, 0.15) is 17.3 Å². The van der Waals surface area contributed by atoms with Gasteiger partial charge in [-0.05, 0) is 12.1 Å². The number of nitrogens with zero attached hydrogens (tertiary/aromatic N) is 2. The summed E-state index contributed by atoms with van der Waals surface area (Å²) >= 11 is 12.9. The number of pyridine rings is 2. The summed E-state index contributed by atoms with van der Waals surface area (Å²) in [6.07, 6.45) is 1.54. The largest absolute Gasteiger partial charge is 0.495 e. The summed E-state index contributed by atoms with van der Waals surface area (Å²) in [5.74, 6) is 1.05. The van der Waals surface area contributed by atoms with E-state index in [1.54, 1.807) is 19.2 Å². The first-order chi connectivity index (χ1) is 11.9. The van der Waals surface area contributed by atoms with E-state index < -0.39 is 0 Å². The van der Waals surface area contributed by atoms with E-state index in [1.165, 1.54) is 31.0 Å². The number of aromatic nitrogens is 2. The molecule has 25 heavy (non-hydrogen) atoms. The minimum Gasteiger partial charge on any atom is -0.495 e. The number of benzene rings is 1. The van der Waals surface area contributed by atoms with Crippen LogP contribution < -0.4 is 20.8 Å². The number of nitrogens with two attached hydrogens (primary N) is 1. The monoisotopic (exact) mass is 379 g/mol. The van der Waals surface area contributed by atoms with Crippen LogP contribution in [0.15, 0.2) is 29.2 Å². The molecule has 0 spiro atoms. The molecule has 2 aromatic heterocycles. The first-order valence-corrected chi connectivity index (χ1v) is 8.00. The van der Waals surface area contributed by atoms with Crippen molar-refractivity contribution < 1.29 is 9.47 Å². The molecule has 2 N–H and O–H groups in total. The molecule has 0 saturated carbocycles. The van der Waals surface area contributed by atoms with Gasteiger partial charge in [-0.3, -0.25) is 4.79 Å². The van der Waals surface area contributed by atoms with Crippen molar-refractivity contribution in [3.8, 4) is 22.8 Å². The summed E-state index contributed by atoms with van der Waals surface area (Å²) in [4.78, 5) is 16.8. The highest BCUT2D eigenvalue weighted by Gasteiger charge is 2.21. The third-order valence-electron chi connectivity index (χ3n) is 3.97. The van der Waals surface area contributed by atoms with Crippen molar-refractivity contribution in [3.05, 3.63) is 44.8 Å². The van der Waals surface area contributed by atoms with Crippen molar-refractivity contribution in [2.75, 3.05) is 20.0 Å². The molecule has 2 heterocycles. The minimum absolute atomic E-state index is 0.240. The molecule has 130 valence electrons. The number of hydrogen-bond acceptors (Lipinski definition) is 5. The molecule has 0 fully saturated rings. The lowest BCUT2D eigenvalue weighted by atomic mass is 10.1. The summed E-state index contributed by atoms with van der Waals surface area (Å²) in [6.45, 7) is 0. The molecule has 6 nitrogen and oxygen atoms in total. The maximum atomic E-state index is 12.7.